The number of fused-ring (bicyclic) bond motifs is 2. The smallest absolute Gasteiger partial charge is 0.185 e. The van der Waals surface area contributed by atoms with Crippen LogP contribution in [0.5, 0.6) is 0 Å². The van der Waals surface area contributed by atoms with Gasteiger partial charge in [-0.2, -0.15) is 0 Å². The number of furan rings is 1. The predicted molar refractivity (Wildman–Crippen MR) is 89.8 cm³/mol. The molecule has 24 heavy (non-hydrogen) atoms. The van der Waals surface area contributed by atoms with Crippen molar-refractivity contribution in [3.63, 3.8) is 0 Å². The molecule has 0 aliphatic heterocycles. The lowest BCUT2D eigenvalue weighted by molar-refractivity contribution is 0.455. The predicted octanol–water partition coefficient (Wildman–Crippen LogP) is 4.23. The maximum atomic E-state index is 5.61. The van der Waals surface area contributed by atoms with Crippen LogP contribution in [0.2, 0.25) is 0 Å². The van der Waals surface area contributed by atoms with E-state index in [2.05, 4.69) is 40.9 Å². The fourth-order valence-electron chi connectivity index (χ4n) is 2.81. The van der Waals surface area contributed by atoms with Crippen molar-refractivity contribution < 1.29 is 8.94 Å². The van der Waals surface area contributed by atoms with Crippen molar-refractivity contribution >= 4 is 22.1 Å². The molecular formula is C18H18N4O2. The second-order valence-corrected chi connectivity index (χ2v) is 6.43. The van der Waals surface area contributed by atoms with Gasteiger partial charge in [0.25, 0.3) is 0 Å². The SMILES string of the molecule is CC(C)c1ncc2occ(CC(C)c3cc4cnoc4cn3)c2n1. The Labute approximate surface area is 138 Å². The number of nitrogens with zero attached hydrogens (tertiary/aromatic N) is 4. The molecule has 0 saturated heterocycles. The molecule has 0 amide bonds. The van der Waals surface area contributed by atoms with Crippen LogP contribution in [0.4, 0.5) is 0 Å². The highest BCUT2D eigenvalue weighted by atomic mass is 16.5. The highest BCUT2D eigenvalue weighted by molar-refractivity contribution is 5.76. The summed E-state index contributed by atoms with van der Waals surface area (Å²) in [5.74, 6) is 1.34. The Morgan fingerprint density at radius 3 is 2.71 bits per heavy atom. The van der Waals surface area contributed by atoms with Gasteiger partial charge >= 0.3 is 0 Å². The number of hydrogen-bond donors (Lipinski definition) is 0. The van der Waals surface area contributed by atoms with Gasteiger partial charge in [0.15, 0.2) is 11.2 Å². The van der Waals surface area contributed by atoms with Gasteiger partial charge in [-0.25, -0.2) is 9.97 Å². The van der Waals surface area contributed by atoms with E-state index in [0.29, 0.717) is 5.58 Å². The Hall–Kier alpha value is -2.76. The molecule has 1 atom stereocenters. The molecule has 1 unspecified atom stereocenters. The zero-order valence-electron chi connectivity index (χ0n) is 13.9. The van der Waals surface area contributed by atoms with Crippen molar-refractivity contribution in [2.45, 2.75) is 39.0 Å². The first-order chi connectivity index (χ1) is 11.6. The van der Waals surface area contributed by atoms with Crippen LogP contribution < -0.4 is 0 Å². The van der Waals surface area contributed by atoms with Gasteiger partial charge in [0.05, 0.1) is 24.9 Å². The second-order valence-electron chi connectivity index (χ2n) is 6.43. The molecule has 4 heterocycles. The molecule has 122 valence electrons. The van der Waals surface area contributed by atoms with E-state index in [0.717, 1.165) is 40.0 Å². The maximum Gasteiger partial charge on any atom is 0.185 e. The topological polar surface area (TPSA) is 77.8 Å². The van der Waals surface area contributed by atoms with Crippen LogP contribution in [0, 0.1) is 0 Å². The summed E-state index contributed by atoms with van der Waals surface area (Å²) in [6.07, 6.45) is 7.76. The largest absolute Gasteiger partial charge is 0.461 e. The highest BCUT2D eigenvalue weighted by Crippen LogP contribution is 2.27. The summed E-state index contributed by atoms with van der Waals surface area (Å²) >= 11 is 0. The van der Waals surface area contributed by atoms with Gasteiger partial charge in [-0.15, -0.1) is 0 Å². The molecule has 6 heteroatoms. The maximum absolute atomic E-state index is 5.61. The van der Waals surface area contributed by atoms with E-state index in [1.54, 1.807) is 24.9 Å². The van der Waals surface area contributed by atoms with E-state index in [4.69, 9.17) is 8.94 Å². The molecule has 0 aliphatic carbocycles. The first-order valence-corrected chi connectivity index (χ1v) is 8.05. The van der Waals surface area contributed by atoms with Crippen molar-refractivity contribution in [3.05, 3.63) is 48.0 Å². The lowest BCUT2D eigenvalue weighted by Crippen LogP contribution is -2.02. The van der Waals surface area contributed by atoms with Gasteiger partial charge in [-0.05, 0) is 12.5 Å². The second kappa shape index (κ2) is 5.70. The number of rotatable bonds is 4. The Morgan fingerprint density at radius 1 is 1.04 bits per heavy atom. The van der Waals surface area contributed by atoms with E-state index in [1.165, 1.54) is 0 Å². The molecule has 4 rings (SSSR count). The Balaban J connectivity index is 1.66. The lowest BCUT2D eigenvalue weighted by atomic mass is 9.98. The van der Waals surface area contributed by atoms with Gasteiger partial charge < -0.3 is 8.94 Å². The van der Waals surface area contributed by atoms with Crippen molar-refractivity contribution in [2.24, 2.45) is 0 Å². The van der Waals surface area contributed by atoms with Crippen LogP contribution in [0.1, 0.15) is 49.7 Å². The summed E-state index contributed by atoms with van der Waals surface area (Å²) in [7, 11) is 0. The summed E-state index contributed by atoms with van der Waals surface area (Å²) < 4.78 is 10.7. The molecule has 0 bridgehead atoms. The molecule has 6 nitrogen and oxygen atoms in total. The highest BCUT2D eigenvalue weighted by Gasteiger charge is 2.16. The van der Waals surface area contributed by atoms with Crippen LogP contribution in [-0.2, 0) is 6.42 Å². The minimum Gasteiger partial charge on any atom is -0.461 e. The van der Waals surface area contributed by atoms with Crippen LogP contribution in [-0.4, -0.2) is 20.1 Å². The normalized spacial score (nSPS) is 13.2. The Kier molecular flexibility index (Phi) is 3.52. The van der Waals surface area contributed by atoms with E-state index in [-0.39, 0.29) is 11.8 Å². The molecule has 0 saturated carbocycles. The number of aromatic nitrogens is 4. The first kappa shape index (κ1) is 14.8. The van der Waals surface area contributed by atoms with Crippen LogP contribution in [0.25, 0.3) is 22.1 Å². The molecule has 0 radical (unpaired) electrons. The fourth-order valence-corrected chi connectivity index (χ4v) is 2.81. The van der Waals surface area contributed by atoms with Crippen LogP contribution in [0.3, 0.4) is 0 Å². The lowest BCUT2D eigenvalue weighted by Gasteiger charge is -2.10. The van der Waals surface area contributed by atoms with Gasteiger partial charge in [-0.3, -0.25) is 4.98 Å². The van der Waals surface area contributed by atoms with Crippen molar-refractivity contribution in [1.82, 2.24) is 20.1 Å². The van der Waals surface area contributed by atoms with Crippen molar-refractivity contribution in [2.75, 3.05) is 0 Å². The van der Waals surface area contributed by atoms with Crippen LogP contribution in [0.15, 0.2) is 39.9 Å². The molecule has 0 fully saturated rings. The molecule has 4 aromatic heterocycles. The standard InChI is InChI=1S/C18H18N4O2/c1-10(2)18-20-8-16-17(22-18)13(9-23-16)4-11(3)14-5-12-6-21-24-15(12)7-19-14/h5-11H,4H2,1-3H3. The molecule has 0 spiro atoms. The van der Waals surface area contributed by atoms with Crippen molar-refractivity contribution in [3.8, 4) is 0 Å². The fraction of sp³-hybridized carbons (Fsp3) is 0.333. The zero-order valence-corrected chi connectivity index (χ0v) is 13.9. The van der Waals surface area contributed by atoms with Gasteiger partial charge in [0.2, 0.25) is 0 Å². The minimum absolute atomic E-state index is 0.225. The zero-order chi connectivity index (χ0) is 16.7. The third kappa shape index (κ3) is 2.54. The average molecular weight is 322 g/mol. The van der Waals surface area contributed by atoms with E-state index in [9.17, 15) is 0 Å². The first-order valence-electron chi connectivity index (χ1n) is 8.05. The number of pyridine rings is 1. The summed E-state index contributed by atoms with van der Waals surface area (Å²) in [4.78, 5) is 13.5. The molecule has 4 aromatic rings. The third-order valence-electron chi connectivity index (χ3n) is 4.22. The molecule has 0 N–H and O–H groups in total. The molecular weight excluding hydrogens is 304 g/mol. The number of hydrogen-bond acceptors (Lipinski definition) is 6. The monoisotopic (exact) mass is 322 g/mol. The summed E-state index contributed by atoms with van der Waals surface area (Å²) in [6.45, 7) is 6.31. The van der Waals surface area contributed by atoms with E-state index >= 15 is 0 Å². The molecule has 0 aromatic carbocycles. The van der Waals surface area contributed by atoms with E-state index < -0.39 is 0 Å². The van der Waals surface area contributed by atoms with Gasteiger partial charge in [-0.1, -0.05) is 25.9 Å². The summed E-state index contributed by atoms with van der Waals surface area (Å²) in [6, 6.07) is 2.02. The average Bonchev–Trinajstić information content (AvgIpc) is 3.20. The van der Waals surface area contributed by atoms with E-state index in [1.807, 2.05) is 6.07 Å². The molecule has 0 aliphatic rings. The van der Waals surface area contributed by atoms with Gasteiger partial charge in [0, 0.05) is 28.5 Å². The summed E-state index contributed by atoms with van der Waals surface area (Å²) in [5.41, 5.74) is 4.40. The Morgan fingerprint density at radius 2 is 1.88 bits per heavy atom. The summed E-state index contributed by atoms with van der Waals surface area (Å²) in [5, 5.41) is 4.76. The van der Waals surface area contributed by atoms with Gasteiger partial charge in [0.1, 0.15) is 11.3 Å². The quantitative estimate of drug-likeness (QED) is 0.559. The minimum atomic E-state index is 0.225. The Bertz CT molecular complexity index is 1000. The third-order valence-corrected chi connectivity index (χ3v) is 4.22. The van der Waals surface area contributed by atoms with Crippen molar-refractivity contribution in [1.29, 1.82) is 0 Å². The van der Waals surface area contributed by atoms with Crippen LogP contribution >= 0.6 is 0 Å².